The van der Waals surface area contributed by atoms with Crippen molar-refractivity contribution in [1.29, 1.82) is 0 Å². The predicted octanol–water partition coefficient (Wildman–Crippen LogP) is 2.67. The maximum absolute atomic E-state index is 11.2. The van der Waals surface area contributed by atoms with Gasteiger partial charge in [0.15, 0.2) is 17.3 Å². The summed E-state index contributed by atoms with van der Waals surface area (Å²) in [5.41, 5.74) is 0.586. The Kier molecular flexibility index (Phi) is 3.52. The normalized spacial score (nSPS) is 9.71. The van der Waals surface area contributed by atoms with Crippen molar-refractivity contribution in [2.45, 2.75) is 6.92 Å². The highest BCUT2D eigenvalue weighted by Gasteiger charge is 2.14. The lowest BCUT2D eigenvalue weighted by molar-refractivity contribution is 0.101. The lowest BCUT2D eigenvalue weighted by Crippen LogP contribution is -1.98. The highest BCUT2D eigenvalue weighted by Crippen LogP contribution is 2.37. The Bertz CT molecular complexity index is 361. The van der Waals surface area contributed by atoms with E-state index in [2.05, 4.69) is 15.9 Å². The van der Waals surface area contributed by atoms with Crippen LogP contribution in [0.4, 0.5) is 0 Å². The molecule has 14 heavy (non-hydrogen) atoms. The van der Waals surface area contributed by atoms with Gasteiger partial charge in [-0.2, -0.15) is 0 Å². The molecule has 76 valence electrons. The summed E-state index contributed by atoms with van der Waals surface area (Å²) in [6, 6.07) is 3.41. The van der Waals surface area contributed by atoms with Gasteiger partial charge in [-0.1, -0.05) is 0 Å². The molecular formula is C10H11BrO3. The zero-order chi connectivity index (χ0) is 10.7. The van der Waals surface area contributed by atoms with Gasteiger partial charge < -0.3 is 9.47 Å². The second-order valence-electron chi connectivity index (χ2n) is 2.72. The van der Waals surface area contributed by atoms with Gasteiger partial charge in [0.1, 0.15) is 0 Å². The van der Waals surface area contributed by atoms with Crippen molar-refractivity contribution in [3.05, 3.63) is 22.2 Å². The smallest absolute Gasteiger partial charge is 0.175 e. The van der Waals surface area contributed by atoms with Crippen molar-refractivity contribution in [1.82, 2.24) is 0 Å². The molecule has 0 saturated heterocycles. The Hall–Kier alpha value is -1.03. The van der Waals surface area contributed by atoms with Gasteiger partial charge in [-0.3, -0.25) is 4.79 Å². The minimum Gasteiger partial charge on any atom is -0.493 e. The Balaban J connectivity index is 3.34. The molecule has 0 aromatic heterocycles. The third kappa shape index (κ3) is 1.90. The summed E-state index contributed by atoms with van der Waals surface area (Å²) >= 11 is 3.31. The zero-order valence-corrected chi connectivity index (χ0v) is 9.84. The van der Waals surface area contributed by atoms with Crippen molar-refractivity contribution >= 4 is 21.7 Å². The van der Waals surface area contributed by atoms with Crippen LogP contribution in [0.1, 0.15) is 17.3 Å². The van der Waals surface area contributed by atoms with Crippen molar-refractivity contribution < 1.29 is 14.3 Å². The first-order valence-electron chi connectivity index (χ1n) is 4.03. The summed E-state index contributed by atoms with van der Waals surface area (Å²) in [6.07, 6.45) is 0. The number of hydrogen-bond acceptors (Lipinski definition) is 3. The van der Waals surface area contributed by atoms with Crippen molar-refractivity contribution in [3.8, 4) is 11.5 Å². The Morgan fingerprint density at radius 3 is 2.36 bits per heavy atom. The van der Waals surface area contributed by atoms with Gasteiger partial charge in [0.25, 0.3) is 0 Å². The fourth-order valence-electron chi connectivity index (χ4n) is 1.16. The van der Waals surface area contributed by atoms with Crippen LogP contribution in [-0.2, 0) is 0 Å². The number of carbonyl (C=O) groups excluding carboxylic acids is 1. The molecule has 3 nitrogen and oxygen atoms in total. The average molecular weight is 259 g/mol. The number of halogens is 1. The van der Waals surface area contributed by atoms with Crippen LogP contribution in [0.2, 0.25) is 0 Å². The minimum atomic E-state index is -0.0159. The molecule has 0 unspecified atom stereocenters. The molecule has 1 aromatic carbocycles. The lowest BCUT2D eigenvalue weighted by atomic mass is 10.1. The first-order chi connectivity index (χ1) is 6.61. The van der Waals surface area contributed by atoms with Crippen LogP contribution in [0.15, 0.2) is 16.6 Å². The minimum absolute atomic E-state index is 0.0159. The molecular weight excluding hydrogens is 248 g/mol. The monoisotopic (exact) mass is 258 g/mol. The molecule has 0 heterocycles. The van der Waals surface area contributed by atoms with E-state index in [0.29, 0.717) is 21.5 Å². The van der Waals surface area contributed by atoms with E-state index in [1.165, 1.54) is 14.0 Å². The molecule has 0 aliphatic rings. The predicted molar refractivity (Wildman–Crippen MR) is 57.3 cm³/mol. The maximum Gasteiger partial charge on any atom is 0.175 e. The Morgan fingerprint density at radius 2 is 1.93 bits per heavy atom. The number of rotatable bonds is 3. The maximum atomic E-state index is 11.2. The summed E-state index contributed by atoms with van der Waals surface area (Å²) < 4.78 is 10.9. The lowest BCUT2D eigenvalue weighted by Gasteiger charge is -2.11. The summed E-state index contributed by atoms with van der Waals surface area (Å²) in [5.74, 6) is 1.13. The molecule has 4 heteroatoms. The van der Waals surface area contributed by atoms with Gasteiger partial charge in [-0.25, -0.2) is 0 Å². The number of hydrogen-bond donors (Lipinski definition) is 0. The van der Waals surface area contributed by atoms with Crippen LogP contribution in [0.5, 0.6) is 11.5 Å². The first-order valence-corrected chi connectivity index (χ1v) is 4.82. The molecule has 0 bridgehead atoms. The number of carbonyl (C=O) groups is 1. The van der Waals surface area contributed by atoms with Crippen LogP contribution in [0.3, 0.4) is 0 Å². The van der Waals surface area contributed by atoms with E-state index in [4.69, 9.17) is 9.47 Å². The molecule has 0 radical (unpaired) electrons. The second kappa shape index (κ2) is 4.46. The zero-order valence-electron chi connectivity index (χ0n) is 8.26. The van der Waals surface area contributed by atoms with E-state index < -0.39 is 0 Å². The number of ketones is 1. The molecule has 0 atom stereocenters. The molecule has 0 amide bonds. The number of Topliss-reactive ketones (excluding diaryl/α,β-unsaturated/α-hetero) is 1. The Labute approximate surface area is 91.1 Å². The molecule has 0 aliphatic carbocycles. The molecule has 0 N–H and O–H groups in total. The Morgan fingerprint density at radius 1 is 1.29 bits per heavy atom. The molecule has 0 fully saturated rings. The molecule has 0 spiro atoms. The van der Waals surface area contributed by atoms with Gasteiger partial charge in [0.2, 0.25) is 0 Å². The van der Waals surface area contributed by atoms with E-state index in [1.807, 2.05) is 0 Å². The summed E-state index contributed by atoms with van der Waals surface area (Å²) in [6.45, 7) is 1.51. The second-order valence-corrected chi connectivity index (χ2v) is 3.51. The standard InChI is InChI=1S/C10H11BrO3/c1-6(12)7-4-5-8(13-2)10(14-3)9(7)11/h4-5H,1-3H3. The quantitative estimate of drug-likeness (QED) is 0.783. The molecule has 1 aromatic rings. The molecule has 1 rings (SSSR count). The molecule has 0 saturated carbocycles. The third-order valence-corrected chi connectivity index (χ3v) is 2.65. The first kappa shape index (κ1) is 11.0. The van der Waals surface area contributed by atoms with E-state index in [0.717, 1.165) is 0 Å². The van der Waals surface area contributed by atoms with Crippen molar-refractivity contribution in [2.24, 2.45) is 0 Å². The van der Waals surface area contributed by atoms with Gasteiger partial charge in [0, 0.05) is 5.56 Å². The van der Waals surface area contributed by atoms with Crippen LogP contribution in [-0.4, -0.2) is 20.0 Å². The largest absolute Gasteiger partial charge is 0.493 e. The van der Waals surface area contributed by atoms with E-state index in [-0.39, 0.29) is 5.78 Å². The summed E-state index contributed by atoms with van der Waals surface area (Å²) in [5, 5.41) is 0. The number of benzene rings is 1. The van der Waals surface area contributed by atoms with E-state index in [9.17, 15) is 4.79 Å². The van der Waals surface area contributed by atoms with Crippen LogP contribution in [0, 0.1) is 0 Å². The average Bonchev–Trinajstić information content (AvgIpc) is 2.16. The fourth-order valence-corrected chi connectivity index (χ4v) is 1.93. The number of methoxy groups -OCH3 is 2. The summed E-state index contributed by atoms with van der Waals surface area (Å²) in [4.78, 5) is 11.2. The SMILES string of the molecule is COc1ccc(C(C)=O)c(Br)c1OC. The highest BCUT2D eigenvalue weighted by atomic mass is 79.9. The van der Waals surface area contributed by atoms with Crippen LogP contribution >= 0.6 is 15.9 Å². The number of ether oxygens (including phenoxy) is 2. The van der Waals surface area contributed by atoms with Crippen LogP contribution < -0.4 is 9.47 Å². The van der Waals surface area contributed by atoms with Gasteiger partial charge in [0.05, 0.1) is 18.7 Å². The van der Waals surface area contributed by atoms with Gasteiger partial charge >= 0.3 is 0 Å². The van der Waals surface area contributed by atoms with Crippen molar-refractivity contribution in [2.75, 3.05) is 14.2 Å². The van der Waals surface area contributed by atoms with Crippen LogP contribution in [0.25, 0.3) is 0 Å². The fraction of sp³-hybridized carbons (Fsp3) is 0.300. The summed E-state index contributed by atoms with van der Waals surface area (Å²) in [7, 11) is 3.09. The van der Waals surface area contributed by atoms with Crippen molar-refractivity contribution in [3.63, 3.8) is 0 Å². The molecule has 0 aliphatic heterocycles. The van der Waals surface area contributed by atoms with E-state index in [1.54, 1.807) is 19.2 Å². The highest BCUT2D eigenvalue weighted by molar-refractivity contribution is 9.10. The topological polar surface area (TPSA) is 35.5 Å². The third-order valence-electron chi connectivity index (χ3n) is 1.86. The van der Waals surface area contributed by atoms with E-state index >= 15 is 0 Å². The van der Waals surface area contributed by atoms with Gasteiger partial charge in [-0.05, 0) is 35.0 Å². The van der Waals surface area contributed by atoms with Gasteiger partial charge in [-0.15, -0.1) is 0 Å².